The van der Waals surface area contributed by atoms with Gasteiger partial charge in [-0.15, -0.1) is 0 Å². The number of amides is 1. The molecule has 0 aliphatic heterocycles. The Kier molecular flexibility index (Phi) is 6.05. The molecule has 2 heterocycles. The molecule has 1 amide bonds. The molecule has 9 nitrogen and oxygen atoms in total. The number of rotatable bonds is 6. The first-order chi connectivity index (χ1) is 17.0. The molecule has 2 aromatic heterocycles. The van der Waals surface area contributed by atoms with Crippen molar-refractivity contribution in [3.8, 4) is 22.8 Å². The first-order valence-corrected chi connectivity index (χ1v) is 11.6. The molecule has 4 aromatic rings. The lowest BCUT2D eigenvalue weighted by atomic mass is 9.91. The van der Waals surface area contributed by atoms with Crippen molar-refractivity contribution in [1.29, 1.82) is 0 Å². The van der Waals surface area contributed by atoms with Gasteiger partial charge in [-0.2, -0.15) is 10.2 Å². The third-order valence-electron chi connectivity index (χ3n) is 6.34. The van der Waals surface area contributed by atoms with Crippen LogP contribution in [0.15, 0.2) is 72.0 Å². The van der Waals surface area contributed by atoms with E-state index in [1.54, 1.807) is 4.68 Å². The summed E-state index contributed by atoms with van der Waals surface area (Å²) in [5.41, 5.74) is 7.70. The second-order valence-corrected chi connectivity index (χ2v) is 8.61. The zero-order chi connectivity index (χ0) is 24.4. The fourth-order valence-electron chi connectivity index (χ4n) is 4.61. The van der Waals surface area contributed by atoms with Crippen molar-refractivity contribution in [3.63, 3.8) is 0 Å². The smallest absolute Gasteiger partial charge is 0.290 e. The molecule has 2 aromatic carbocycles. The van der Waals surface area contributed by atoms with Crippen LogP contribution in [0.25, 0.3) is 22.2 Å². The predicted octanol–water partition coefficient (Wildman–Crippen LogP) is 3.95. The lowest BCUT2D eigenvalue weighted by Gasteiger charge is -2.29. The highest BCUT2D eigenvalue weighted by atomic mass is 16.5. The van der Waals surface area contributed by atoms with Gasteiger partial charge in [-0.05, 0) is 68.2 Å². The van der Waals surface area contributed by atoms with Crippen LogP contribution in [0.5, 0.6) is 11.5 Å². The van der Waals surface area contributed by atoms with Gasteiger partial charge in [0.1, 0.15) is 22.7 Å². The van der Waals surface area contributed by atoms with Crippen molar-refractivity contribution in [2.45, 2.75) is 37.8 Å². The normalized spacial score (nSPS) is 17.7. The number of benzene rings is 2. The molecular weight excluding hydrogens is 444 g/mol. The number of aromatic amines is 1. The molecular formula is C26H26N6O3. The van der Waals surface area contributed by atoms with Gasteiger partial charge in [-0.25, -0.2) is 5.10 Å². The van der Waals surface area contributed by atoms with Crippen LogP contribution in [-0.2, 0) is 4.79 Å². The Labute approximate surface area is 201 Å². The van der Waals surface area contributed by atoms with Gasteiger partial charge in [0.15, 0.2) is 5.82 Å². The lowest BCUT2D eigenvalue weighted by Crippen LogP contribution is -2.37. The van der Waals surface area contributed by atoms with Crippen LogP contribution in [0.4, 0.5) is 5.82 Å². The Balaban J connectivity index is 1.46. The van der Waals surface area contributed by atoms with Crippen molar-refractivity contribution < 1.29 is 9.53 Å². The van der Waals surface area contributed by atoms with Crippen molar-refractivity contribution in [2.75, 3.05) is 5.73 Å². The summed E-state index contributed by atoms with van der Waals surface area (Å²) >= 11 is 0. The molecule has 0 unspecified atom stereocenters. The molecule has 178 valence electrons. The number of carbonyl (C=O) groups excluding carboxylic acids is 1. The first kappa shape index (κ1) is 22.4. The summed E-state index contributed by atoms with van der Waals surface area (Å²) in [6.45, 7) is 3.51. The number of nitrogen functional groups attached to an aromatic ring is 1. The van der Waals surface area contributed by atoms with E-state index in [2.05, 4.69) is 22.1 Å². The van der Waals surface area contributed by atoms with Crippen LogP contribution in [0.2, 0.25) is 0 Å². The van der Waals surface area contributed by atoms with Crippen LogP contribution in [-0.4, -0.2) is 31.9 Å². The second kappa shape index (κ2) is 9.46. The van der Waals surface area contributed by atoms with Crippen molar-refractivity contribution in [3.05, 3.63) is 77.6 Å². The molecule has 1 aliphatic rings. The molecule has 0 bridgehead atoms. The molecule has 0 spiro atoms. The number of nitrogens with two attached hydrogens (primary N) is 1. The number of fused-ring (bicyclic) bond motifs is 1. The van der Waals surface area contributed by atoms with E-state index < -0.39 is 0 Å². The fraction of sp³-hybridized carbons (Fsp3) is 0.231. The summed E-state index contributed by atoms with van der Waals surface area (Å²) in [7, 11) is 0. The standard InChI is InChI=1S/C26H26N6O3/c1-2-21(33)28-17-10-12-18(13-11-17)32-24-22(25(27)29-30-26(24)34)23(31-32)16-8-14-20(15-9-16)35-19-6-4-3-5-7-19/h2-9,14-15,17-18H,1,10-13H2,(H2,27,29)(H,28,33)(H,30,34)/t17-,18-. The number of nitrogens with zero attached hydrogens (tertiary/aromatic N) is 3. The van der Waals surface area contributed by atoms with Gasteiger partial charge in [0.2, 0.25) is 5.91 Å². The van der Waals surface area contributed by atoms with Gasteiger partial charge < -0.3 is 15.8 Å². The summed E-state index contributed by atoms with van der Waals surface area (Å²) in [4.78, 5) is 24.5. The van der Waals surface area contributed by atoms with Crippen molar-refractivity contribution >= 4 is 22.6 Å². The molecule has 1 aliphatic carbocycles. The van der Waals surface area contributed by atoms with E-state index in [1.165, 1.54) is 6.08 Å². The number of H-pyrrole nitrogens is 1. The molecule has 1 fully saturated rings. The highest BCUT2D eigenvalue weighted by Crippen LogP contribution is 2.36. The summed E-state index contributed by atoms with van der Waals surface area (Å²) in [6, 6.07) is 17.1. The van der Waals surface area contributed by atoms with Crippen LogP contribution < -0.4 is 21.3 Å². The number of anilines is 1. The minimum atomic E-state index is -0.334. The minimum Gasteiger partial charge on any atom is -0.457 e. The second-order valence-electron chi connectivity index (χ2n) is 8.61. The van der Waals surface area contributed by atoms with E-state index in [4.69, 9.17) is 15.6 Å². The molecule has 0 radical (unpaired) electrons. The van der Waals surface area contributed by atoms with Crippen molar-refractivity contribution in [2.24, 2.45) is 0 Å². The van der Waals surface area contributed by atoms with Crippen LogP contribution in [0.3, 0.4) is 0 Å². The predicted molar refractivity (Wildman–Crippen MR) is 134 cm³/mol. The number of carbonyl (C=O) groups is 1. The number of nitrogens with one attached hydrogen (secondary N) is 2. The van der Waals surface area contributed by atoms with Gasteiger partial charge >= 0.3 is 0 Å². The van der Waals surface area contributed by atoms with Gasteiger partial charge in [0.05, 0.1) is 11.4 Å². The topological polar surface area (TPSA) is 128 Å². The summed E-state index contributed by atoms with van der Waals surface area (Å²) in [5, 5.41) is 14.8. The summed E-state index contributed by atoms with van der Waals surface area (Å²) in [6.07, 6.45) is 4.38. The maximum Gasteiger partial charge on any atom is 0.290 e. The van der Waals surface area contributed by atoms with Crippen LogP contribution >= 0.6 is 0 Å². The Morgan fingerprint density at radius 2 is 1.77 bits per heavy atom. The summed E-state index contributed by atoms with van der Waals surface area (Å²) < 4.78 is 7.67. The fourth-order valence-corrected chi connectivity index (χ4v) is 4.61. The SMILES string of the molecule is C=CC(=O)N[C@H]1CC[C@H](n2nc(-c3ccc(Oc4ccccc4)cc3)c3c(N)n[nH]c(=O)c32)CC1. The molecule has 35 heavy (non-hydrogen) atoms. The third kappa shape index (κ3) is 4.52. The Bertz CT molecular complexity index is 1420. The van der Waals surface area contributed by atoms with E-state index in [-0.39, 0.29) is 29.4 Å². The monoisotopic (exact) mass is 470 g/mol. The lowest BCUT2D eigenvalue weighted by molar-refractivity contribution is -0.117. The van der Waals surface area contributed by atoms with Gasteiger partial charge in [0, 0.05) is 11.6 Å². The third-order valence-corrected chi connectivity index (χ3v) is 6.34. The number of hydrogen-bond acceptors (Lipinski definition) is 6. The van der Waals surface area contributed by atoms with Crippen LogP contribution in [0, 0.1) is 0 Å². The number of hydrogen-bond donors (Lipinski definition) is 3. The van der Waals surface area contributed by atoms with E-state index in [0.717, 1.165) is 37.0 Å². The number of ether oxygens (including phenoxy) is 1. The maximum absolute atomic E-state index is 12.8. The minimum absolute atomic E-state index is 0.00622. The van der Waals surface area contributed by atoms with E-state index in [0.29, 0.717) is 22.3 Å². The van der Waals surface area contributed by atoms with Crippen molar-refractivity contribution in [1.82, 2.24) is 25.3 Å². The molecule has 4 N–H and O–H groups in total. The Hall–Kier alpha value is -4.40. The highest BCUT2D eigenvalue weighted by molar-refractivity contribution is 5.99. The molecule has 9 heteroatoms. The average molecular weight is 471 g/mol. The largest absolute Gasteiger partial charge is 0.457 e. The Morgan fingerprint density at radius 1 is 1.09 bits per heavy atom. The maximum atomic E-state index is 12.8. The van der Waals surface area contributed by atoms with E-state index in [1.807, 2.05) is 54.6 Å². The molecule has 0 atom stereocenters. The van der Waals surface area contributed by atoms with E-state index in [9.17, 15) is 9.59 Å². The zero-order valence-electron chi connectivity index (χ0n) is 19.1. The molecule has 0 saturated heterocycles. The van der Waals surface area contributed by atoms with Gasteiger partial charge in [-0.3, -0.25) is 14.3 Å². The van der Waals surface area contributed by atoms with E-state index >= 15 is 0 Å². The highest BCUT2D eigenvalue weighted by Gasteiger charge is 2.28. The first-order valence-electron chi connectivity index (χ1n) is 11.6. The summed E-state index contributed by atoms with van der Waals surface area (Å²) in [5.74, 6) is 1.48. The zero-order valence-corrected chi connectivity index (χ0v) is 19.1. The number of para-hydroxylation sites is 1. The van der Waals surface area contributed by atoms with Crippen LogP contribution in [0.1, 0.15) is 31.7 Å². The molecule has 1 saturated carbocycles. The quantitative estimate of drug-likeness (QED) is 0.366. The molecule has 5 rings (SSSR count). The Morgan fingerprint density at radius 3 is 2.46 bits per heavy atom. The number of aromatic nitrogens is 4. The average Bonchev–Trinajstić information content (AvgIpc) is 3.30. The van der Waals surface area contributed by atoms with Gasteiger partial charge in [0.25, 0.3) is 5.56 Å². The van der Waals surface area contributed by atoms with Gasteiger partial charge in [-0.1, -0.05) is 24.8 Å².